The molecule has 0 aliphatic carbocycles. The van der Waals surface area contributed by atoms with E-state index in [9.17, 15) is 14.4 Å². The first-order valence-corrected chi connectivity index (χ1v) is 6.47. The molecule has 1 aromatic carbocycles. The van der Waals surface area contributed by atoms with Gasteiger partial charge in [0.15, 0.2) is 0 Å². The number of amides is 3. The van der Waals surface area contributed by atoms with Crippen molar-refractivity contribution in [3.05, 3.63) is 29.3 Å². The van der Waals surface area contributed by atoms with Crippen LogP contribution in [0.1, 0.15) is 28.8 Å². The summed E-state index contributed by atoms with van der Waals surface area (Å²) < 4.78 is 0. The molecule has 2 aliphatic heterocycles. The summed E-state index contributed by atoms with van der Waals surface area (Å²) in [6, 6.07) is 5.17. The lowest BCUT2D eigenvalue weighted by atomic mass is 9.70. The predicted octanol–water partition coefficient (Wildman–Crippen LogP) is -1.01. The van der Waals surface area contributed by atoms with Gasteiger partial charge in [0.1, 0.15) is 7.85 Å². The first-order chi connectivity index (χ1) is 9.43. The molecule has 7 heteroatoms. The number of rotatable bonds is 1. The molecule has 1 unspecified atom stereocenters. The first kappa shape index (κ1) is 12.7. The van der Waals surface area contributed by atoms with Gasteiger partial charge in [-0.15, -0.1) is 0 Å². The fourth-order valence-electron chi connectivity index (χ4n) is 2.81. The molecule has 2 aliphatic rings. The van der Waals surface area contributed by atoms with Crippen LogP contribution >= 0.6 is 0 Å². The molecule has 1 atom stereocenters. The molecule has 0 aromatic heterocycles. The third-order valence-electron chi connectivity index (χ3n) is 4.18. The summed E-state index contributed by atoms with van der Waals surface area (Å²) in [6.07, 6.45) is 0.565. The molecule has 1 aromatic rings. The predicted molar refractivity (Wildman–Crippen MR) is 74.4 cm³/mol. The summed E-state index contributed by atoms with van der Waals surface area (Å²) in [6.45, 7) is 0.305. The number of carbonyl (C=O) groups is 3. The van der Waals surface area contributed by atoms with Gasteiger partial charge in [0.2, 0.25) is 11.8 Å². The molecule has 2 heterocycles. The standard InChI is InChI=1S/C13H14BN3O3/c14-13(5-4-10(18)16-12(13)20)17-6-8-7(11(17)19)2-1-3-9(8)15/h1-3H,4-6,14-15H2,(H,16,18,20). The Kier molecular flexibility index (Phi) is 2.60. The number of nitrogens with one attached hydrogen (secondary N) is 1. The second-order valence-electron chi connectivity index (χ2n) is 5.42. The molecular weight excluding hydrogens is 257 g/mol. The third kappa shape index (κ3) is 1.62. The molecule has 0 spiro atoms. The summed E-state index contributed by atoms with van der Waals surface area (Å²) in [7, 11) is 1.69. The van der Waals surface area contributed by atoms with Crippen LogP contribution in [0.4, 0.5) is 5.69 Å². The van der Waals surface area contributed by atoms with Gasteiger partial charge in [0.05, 0.1) is 5.44 Å². The molecule has 1 fully saturated rings. The van der Waals surface area contributed by atoms with Crippen LogP contribution in [0, 0.1) is 0 Å². The van der Waals surface area contributed by atoms with E-state index in [-0.39, 0.29) is 18.2 Å². The van der Waals surface area contributed by atoms with Crippen molar-refractivity contribution in [3.63, 3.8) is 0 Å². The minimum absolute atomic E-state index is 0.209. The zero-order valence-electron chi connectivity index (χ0n) is 11.1. The van der Waals surface area contributed by atoms with Crippen LogP contribution in [0.5, 0.6) is 0 Å². The number of nitrogens with two attached hydrogens (primary N) is 1. The maximum Gasteiger partial charge on any atom is 0.254 e. The molecule has 1 saturated heterocycles. The van der Waals surface area contributed by atoms with Gasteiger partial charge in [0.25, 0.3) is 5.91 Å². The molecule has 20 heavy (non-hydrogen) atoms. The van der Waals surface area contributed by atoms with Crippen molar-refractivity contribution in [1.29, 1.82) is 0 Å². The lowest BCUT2D eigenvalue weighted by Crippen LogP contribution is -2.63. The van der Waals surface area contributed by atoms with Crippen LogP contribution in [-0.2, 0) is 16.1 Å². The van der Waals surface area contributed by atoms with Gasteiger partial charge < -0.3 is 10.6 Å². The number of hydrogen-bond acceptors (Lipinski definition) is 4. The summed E-state index contributed by atoms with van der Waals surface area (Å²) in [5.41, 5.74) is 6.73. The lowest BCUT2D eigenvalue weighted by molar-refractivity contribution is -0.138. The maximum atomic E-state index is 12.5. The average molecular weight is 271 g/mol. The molecule has 3 amide bonds. The number of hydrogen-bond donors (Lipinski definition) is 2. The smallest absolute Gasteiger partial charge is 0.254 e. The SMILES string of the molecule is BC1(N2Cc3c(N)cccc3C2=O)CCC(=O)NC1=O. The van der Waals surface area contributed by atoms with E-state index < -0.39 is 11.3 Å². The topological polar surface area (TPSA) is 92.5 Å². The summed E-state index contributed by atoms with van der Waals surface area (Å²) in [5, 5.41) is 2.31. The monoisotopic (exact) mass is 271 g/mol. The van der Waals surface area contributed by atoms with E-state index in [4.69, 9.17) is 5.73 Å². The Hall–Kier alpha value is -2.31. The van der Waals surface area contributed by atoms with Crippen LogP contribution in [0.25, 0.3) is 0 Å². The largest absolute Gasteiger partial charge is 0.398 e. The molecule has 102 valence electrons. The minimum Gasteiger partial charge on any atom is -0.398 e. The third-order valence-corrected chi connectivity index (χ3v) is 4.18. The van der Waals surface area contributed by atoms with E-state index in [1.807, 2.05) is 0 Å². The normalized spacial score (nSPS) is 25.6. The number of nitrogen functional groups attached to an aromatic ring is 1. The Labute approximate surface area is 116 Å². The van der Waals surface area contributed by atoms with Gasteiger partial charge in [-0.2, -0.15) is 0 Å². The lowest BCUT2D eigenvalue weighted by Gasteiger charge is -2.39. The Morgan fingerprint density at radius 3 is 2.70 bits per heavy atom. The second-order valence-corrected chi connectivity index (χ2v) is 5.42. The van der Waals surface area contributed by atoms with Crippen molar-refractivity contribution in [1.82, 2.24) is 10.2 Å². The van der Waals surface area contributed by atoms with Gasteiger partial charge in [-0.05, 0) is 18.6 Å². The zero-order valence-corrected chi connectivity index (χ0v) is 11.1. The molecule has 0 saturated carbocycles. The maximum absolute atomic E-state index is 12.5. The summed E-state index contributed by atoms with van der Waals surface area (Å²) in [4.78, 5) is 37.4. The van der Waals surface area contributed by atoms with Crippen molar-refractivity contribution in [2.75, 3.05) is 5.73 Å². The first-order valence-electron chi connectivity index (χ1n) is 6.47. The number of nitrogens with zero attached hydrogens (tertiary/aromatic N) is 1. The molecular formula is C13H14BN3O3. The molecule has 3 rings (SSSR count). The Morgan fingerprint density at radius 2 is 2.05 bits per heavy atom. The van der Waals surface area contributed by atoms with Crippen molar-refractivity contribution in [3.8, 4) is 0 Å². The molecule has 0 bridgehead atoms. The average Bonchev–Trinajstić information content (AvgIpc) is 2.75. The molecule has 0 radical (unpaired) electrons. The van der Waals surface area contributed by atoms with Crippen LogP contribution in [0.2, 0.25) is 0 Å². The van der Waals surface area contributed by atoms with Gasteiger partial charge >= 0.3 is 0 Å². The highest BCUT2D eigenvalue weighted by Crippen LogP contribution is 2.34. The number of piperidine rings is 1. The summed E-state index contributed by atoms with van der Waals surface area (Å²) >= 11 is 0. The zero-order chi connectivity index (χ0) is 14.5. The number of fused-ring (bicyclic) bond motifs is 1. The Bertz CT molecular complexity index is 646. The number of anilines is 1. The number of carbonyl (C=O) groups excluding carboxylic acids is 3. The fourth-order valence-corrected chi connectivity index (χ4v) is 2.81. The van der Waals surface area contributed by atoms with Crippen LogP contribution in [0.15, 0.2) is 18.2 Å². The highest BCUT2D eigenvalue weighted by atomic mass is 16.2. The Morgan fingerprint density at radius 1 is 1.30 bits per heavy atom. The van der Waals surface area contributed by atoms with Crippen LogP contribution < -0.4 is 11.1 Å². The van der Waals surface area contributed by atoms with Crippen molar-refractivity contribution >= 4 is 31.3 Å². The van der Waals surface area contributed by atoms with Crippen molar-refractivity contribution in [2.24, 2.45) is 0 Å². The van der Waals surface area contributed by atoms with E-state index in [2.05, 4.69) is 5.32 Å². The van der Waals surface area contributed by atoms with E-state index in [1.165, 1.54) is 4.90 Å². The summed E-state index contributed by atoms with van der Waals surface area (Å²) in [5.74, 6) is -0.927. The van der Waals surface area contributed by atoms with Gasteiger partial charge in [-0.3, -0.25) is 19.7 Å². The van der Waals surface area contributed by atoms with Crippen molar-refractivity contribution in [2.45, 2.75) is 24.8 Å². The van der Waals surface area contributed by atoms with E-state index in [0.29, 0.717) is 24.2 Å². The minimum atomic E-state index is -1.00. The van der Waals surface area contributed by atoms with E-state index in [0.717, 1.165) is 5.56 Å². The van der Waals surface area contributed by atoms with Crippen molar-refractivity contribution < 1.29 is 14.4 Å². The highest BCUT2D eigenvalue weighted by molar-refractivity contribution is 6.32. The molecule has 6 nitrogen and oxygen atoms in total. The van der Waals surface area contributed by atoms with Crippen LogP contribution in [0.3, 0.4) is 0 Å². The quantitative estimate of drug-likeness (QED) is 0.389. The van der Waals surface area contributed by atoms with Gasteiger partial charge in [-0.25, -0.2) is 0 Å². The van der Waals surface area contributed by atoms with E-state index >= 15 is 0 Å². The number of imide groups is 1. The second kappa shape index (κ2) is 4.09. The Balaban J connectivity index is 1.98. The fraction of sp³-hybridized carbons (Fsp3) is 0.308. The molecule has 3 N–H and O–H groups in total. The highest BCUT2D eigenvalue weighted by Gasteiger charge is 2.48. The van der Waals surface area contributed by atoms with E-state index in [1.54, 1.807) is 26.0 Å². The number of benzene rings is 1. The van der Waals surface area contributed by atoms with Crippen LogP contribution in [-0.4, -0.2) is 35.9 Å². The van der Waals surface area contributed by atoms with Gasteiger partial charge in [-0.1, -0.05) is 6.07 Å². The van der Waals surface area contributed by atoms with Gasteiger partial charge in [0, 0.05) is 29.8 Å².